The second-order valence-electron chi connectivity index (χ2n) is 3.91. The largest absolute Gasteiger partial charge is 0.464 e. The normalized spacial score (nSPS) is 10.8. The molecule has 0 amide bonds. The molecule has 0 bridgehead atoms. The van der Waals surface area contributed by atoms with Gasteiger partial charge in [-0.3, -0.25) is 0 Å². The number of carbonyl (C=O) groups excluding carboxylic acids is 1. The minimum absolute atomic E-state index is 0.217. The molecule has 0 unspecified atom stereocenters. The van der Waals surface area contributed by atoms with E-state index in [1.807, 2.05) is 18.2 Å². The molecule has 0 aliphatic heterocycles. The summed E-state index contributed by atoms with van der Waals surface area (Å²) in [6.45, 7) is 0. The molecular weight excluding hydrogens is 264 g/mol. The number of fused-ring (bicyclic) bond motifs is 1. The quantitative estimate of drug-likeness (QED) is 0.667. The summed E-state index contributed by atoms with van der Waals surface area (Å²) >= 11 is 1.54. The van der Waals surface area contributed by atoms with E-state index in [1.54, 1.807) is 23.9 Å². The first kappa shape index (κ1) is 11.8. The van der Waals surface area contributed by atoms with Crippen molar-refractivity contribution in [3.8, 4) is 11.3 Å². The highest BCUT2D eigenvalue weighted by Gasteiger charge is 2.20. The molecule has 0 aliphatic carbocycles. The second kappa shape index (κ2) is 4.43. The first-order chi connectivity index (χ1) is 9.19. The molecule has 3 aromatic rings. The fraction of sp³-hybridized carbons (Fsp3) is 0.167. The molecule has 0 saturated carbocycles. The average molecular weight is 274 g/mol. The highest BCUT2D eigenvalue weighted by molar-refractivity contribution is 7.16. The average Bonchev–Trinajstić information content (AvgIpc) is 3.02. The molecule has 0 saturated heterocycles. The fourth-order valence-electron chi connectivity index (χ4n) is 1.84. The van der Waals surface area contributed by atoms with Gasteiger partial charge in [0.05, 0.1) is 22.8 Å². The van der Waals surface area contributed by atoms with Crippen molar-refractivity contribution >= 4 is 27.5 Å². The van der Waals surface area contributed by atoms with Crippen LogP contribution in [0.2, 0.25) is 0 Å². The summed E-state index contributed by atoms with van der Waals surface area (Å²) in [5.41, 5.74) is 4.27. The first-order valence-corrected chi connectivity index (χ1v) is 6.40. The van der Waals surface area contributed by atoms with Crippen molar-refractivity contribution in [1.29, 1.82) is 0 Å². The monoisotopic (exact) mass is 274 g/mol. The van der Waals surface area contributed by atoms with Crippen molar-refractivity contribution < 1.29 is 9.53 Å². The van der Waals surface area contributed by atoms with Gasteiger partial charge in [0, 0.05) is 12.6 Å². The Morgan fingerprint density at radius 3 is 3.00 bits per heavy atom. The summed E-state index contributed by atoms with van der Waals surface area (Å²) < 4.78 is 5.76. The summed E-state index contributed by atoms with van der Waals surface area (Å²) in [4.78, 5) is 17.3. The van der Waals surface area contributed by atoms with Crippen LogP contribution in [-0.2, 0) is 11.8 Å². The molecule has 0 spiro atoms. The van der Waals surface area contributed by atoms with Crippen LogP contribution < -0.4 is 0 Å². The highest BCUT2D eigenvalue weighted by Crippen LogP contribution is 2.26. The number of thiazole rings is 1. The standard InChI is InChI=1S/C12H10N4O2S/c1-16-14-10(11(15-16)12(17)18-2)7-3-4-8-9(5-7)19-6-13-8/h3-6H,1-2H3. The van der Waals surface area contributed by atoms with E-state index in [-0.39, 0.29) is 5.69 Å². The molecule has 0 aliphatic rings. The lowest BCUT2D eigenvalue weighted by Gasteiger charge is -1.99. The number of methoxy groups -OCH3 is 1. The van der Waals surface area contributed by atoms with Gasteiger partial charge in [-0.25, -0.2) is 9.78 Å². The van der Waals surface area contributed by atoms with Crippen molar-refractivity contribution in [2.75, 3.05) is 7.11 Å². The summed E-state index contributed by atoms with van der Waals surface area (Å²) in [6, 6.07) is 5.72. The van der Waals surface area contributed by atoms with Crippen molar-refractivity contribution in [2.45, 2.75) is 0 Å². The van der Waals surface area contributed by atoms with Gasteiger partial charge < -0.3 is 4.74 Å². The molecule has 96 valence electrons. The van der Waals surface area contributed by atoms with Gasteiger partial charge in [-0.1, -0.05) is 6.07 Å². The lowest BCUT2D eigenvalue weighted by molar-refractivity contribution is 0.0594. The van der Waals surface area contributed by atoms with Crippen LogP contribution in [0.15, 0.2) is 23.7 Å². The van der Waals surface area contributed by atoms with Gasteiger partial charge >= 0.3 is 5.97 Å². The summed E-state index contributed by atoms with van der Waals surface area (Å²) in [7, 11) is 2.99. The van der Waals surface area contributed by atoms with Crippen LogP contribution >= 0.6 is 11.3 Å². The topological polar surface area (TPSA) is 69.9 Å². The summed E-state index contributed by atoms with van der Waals surface area (Å²) in [5, 5.41) is 8.27. The van der Waals surface area contributed by atoms with E-state index in [0.29, 0.717) is 5.69 Å². The van der Waals surface area contributed by atoms with Gasteiger partial charge in [-0.05, 0) is 12.1 Å². The minimum atomic E-state index is -0.493. The molecule has 19 heavy (non-hydrogen) atoms. The Bertz CT molecular complexity index is 762. The van der Waals surface area contributed by atoms with Crippen molar-refractivity contribution in [3.63, 3.8) is 0 Å². The number of hydrogen-bond acceptors (Lipinski definition) is 6. The van der Waals surface area contributed by atoms with Crippen LogP contribution in [0.5, 0.6) is 0 Å². The third kappa shape index (κ3) is 1.97. The van der Waals surface area contributed by atoms with Crippen molar-refractivity contribution in [3.05, 3.63) is 29.4 Å². The van der Waals surface area contributed by atoms with E-state index in [1.165, 1.54) is 11.9 Å². The van der Waals surface area contributed by atoms with Crippen LogP contribution in [0.25, 0.3) is 21.5 Å². The second-order valence-corrected chi connectivity index (χ2v) is 4.80. The summed E-state index contributed by atoms with van der Waals surface area (Å²) in [6.07, 6.45) is 0. The van der Waals surface area contributed by atoms with Crippen LogP contribution in [0.1, 0.15) is 10.5 Å². The van der Waals surface area contributed by atoms with Gasteiger partial charge in [0.2, 0.25) is 0 Å². The van der Waals surface area contributed by atoms with E-state index in [4.69, 9.17) is 4.74 Å². The molecule has 3 rings (SSSR count). The van der Waals surface area contributed by atoms with E-state index in [9.17, 15) is 4.79 Å². The number of carbonyl (C=O) groups is 1. The molecule has 7 heteroatoms. The minimum Gasteiger partial charge on any atom is -0.464 e. The third-order valence-corrected chi connectivity index (χ3v) is 3.49. The Morgan fingerprint density at radius 2 is 2.21 bits per heavy atom. The van der Waals surface area contributed by atoms with Gasteiger partial charge in [-0.2, -0.15) is 9.90 Å². The Balaban J connectivity index is 2.17. The van der Waals surface area contributed by atoms with Crippen molar-refractivity contribution in [1.82, 2.24) is 20.0 Å². The van der Waals surface area contributed by atoms with Gasteiger partial charge in [-0.15, -0.1) is 16.4 Å². The number of esters is 1. The molecule has 0 fully saturated rings. The van der Waals surface area contributed by atoms with Crippen LogP contribution in [-0.4, -0.2) is 33.1 Å². The Hall–Kier alpha value is -2.28. The maximum atomic E-state index is 11.7. The summed E-state index contributed by atoms with van der Waals surface area (Å²) in [5.74, 6) is -0.493. The first-order valence-electron chi connectivity index (χ1n) is 5.52. The smallest absolute Gasteiger partial charge is 0.360 e. The van der Waals surface area contributed by atoms with E-state index in [2.05, 4.69) is 15.2 Å². The number of rotatable bonds is 2. The number of nitrogens with zero attached hydrogens (tertiary/aromatic N) is 4. The van der Waals surface area contributed by atoms with Crippen LogP contribution in [0.4, 0.5) is 0 Å². The molecule has 2 aromatic heterocycles. The Morgan fingerprint density at radius 1 is 1.37 bits per heavy atom. The fourth-order valence-corrected chi connectivity index (χ4v) is 2.55. The van der Waals surface area contributed by atoms with E-state index in [0.717, 1.165) is 15.8 Å². The predicted octanol–water partition coefficient (Wildman–Crippen LogP) is 1.88. The highest BCUT2D eigenvalue weighted by atomic mass is 32.1. The van der Waals surface area contributed by atoms with E-state index < -0.39 is 5.97 Å². The SMILES string of the molecule is COC(=O)c1nn(C)nc1-c1ccc2ncsc2c1. The Labute approximate surface area is 112 Å². The number of benzene rings is 1. The Kier molecular flexibility index (Phi) is 2.75. The third-order valence-electron chi connectivity index (χ3n) is 2.70. The maximum absolute atomic E-state index is 11.7. The molecule has 0 radical (unpaired) electrons. The zero-order valence-electron chi connectivity index (χ0n) is 10.3. The molecule has 6 nitrogen and oxygen atoms in total. The molecular formula is C12H10N4O2S. The molecule has 0 atom stereocenters. The zero-order chi connectivity index (χ0) is 13.4. The number of aromatic nitrogens is 4. The lowest BCUT2D eigenvalue weighted by atomic mass is 10.1. The molecule has 0 N–H and O–H groups in total. The molecule has 2 heterocycles. The maximum Gasteiger partial charge on any atom is 0.360 e. The molecule has 1 aromatic carbocycles. The number of hydrogen-bond donors (Lipinski definition) is 0. The number of aryl methyl sites for hydroxylation is 1. The number of ether oxygens (including phenoxy) is 1. The lowest BCUT2D eigenvalue weighted by Crippen LogP contribution is -2.04. The van der Waals surface area contributed by atoms with Crippen LogP contribution in [0, 0.1) is 0 Å². The van der Waals surface area contributed by atoms with Gasteiger partial charge in [0.25, 0.3) is 0 Å². The van der Waals surface area contributed by atoms with Crippen molar-refractivity contribution in [2.24, 2.45) is 7.05 Å². The van der Waals surface area contributed by atoms with Gasteiger partial charge in [0.1, 0.15) is 5.69 Å². The zero-order valence-corrected chi connectivity index (χ0v) is 11.1. The van der Waals surface area contributed by atoms with Crippen LogP contribution in [0.3, 0.4) is 0 Å². The van der Waals surface area contributed by atoms with Gasteiger partial charge in [0.15, 0.2) is 5.69 Å². The predicted molar refractivity (Wildman–Crippen MR) is 71.0 cm³/mol. The van der Waals surface area contributed by atoms with E-state index >= 15 is 0 Å².